The molecule has 0 bridgehead atoms. The van der Waals surface area contributed by atoms with Crippen molar-refractivity contribution in [1.82, 2.24) is 5.43 Å². The van der Waals surface area contributed by atoms with E-state index in [0.29, 0.717) is 0 Å². The number of rotatable bonds is 5. The van der Waals surface area contributed by atoms with Crippen molar-refractivity contribution < 1.29 is 9.72 Å². The summed E-state index contributed by atoms with van der Waals surface area (Å²) in [6.07, 6.45) is 4.95. The molecule has 0 fully saturated rings. The third-order valence-electron chi connectivity index (χ3n) is 2.73. The summed E-state index contributed by atoms with van der Waals surface area (Å²) < 4.78 is 0. The summed E-state index contributed by atoms with van der Waals surface area (Å²) in [5.74, 6) is -0.506. The van der Waals surface area contributed by atoms with E-state index in [1.54, 1.807) is 6.08 Å². The summed E-state index contributed by atoms with van der Waals surface area (Å²) >= 11 is 0. The number of non-ortho nitro benzene ring substituents is 1. The highest BCUT2D eigenvalue weighted by Gasteiger charge is 2.10. The van der Waals surface area contributed by atoms with Crippen LogP contribution >= 0.6 is 0 Å². The van der Waals surface area contributed by atoms with E-state index in [1.807, 2.05) is 36.4 Å². The molecule has 6 heteroatoms. The highest BCUT2D eigenvalue weighted by molar-refractivity contribution is 5.95. The Balaban J connectivity index is 1.92. The average molecular weight is 295 g/mol. The third kappa shape index (κ3) is 4.38. The van der Waals surface area contributed by atoms with E-state index in [2.05, 4.69) is 10.5 Å². The molecule has 2 rings (SSSR count). The molecule has 110 valence electrons. The molecule has 0 saturated heterocycles. The highest BCUT2D eigenvalue weighted by Crippen LogP contribution is 2.12. The predicted octanol–water partition coefficient (Wildman–Crippen LogP) is 3.02. The molecule has 0 saturated carbocycles. The maximum absolute atomic E-state index is 11.8. The van der Waals surface area contributed by atoms with Crippen LogP contribution in [-0.4, -0.2) is 17.0 Å². The highest BCUT2D eigenvalue weighted by atomic mass is 16.6. The van der Waals surface area contributed by atoms with Crippen molar-refractivity contribution in [2.75, 3.05) is 0 Å². The fourth-order valence-electron chi connectivity index (χ4n) is 1.68. The van der Waals surface area contributed by atoms with Gasteiger partial charge in [0.25, 0.3) is 11.6 Å². The van der Waals surface area contributed by atoms with Crippen LogP contribution in [-0.2, 0) is 0 Å². The van der Waals surface area contributed by atoms with Crippen LogP contribution in [0.15, 0.2) is 65.8 Å². The Bertz CT molecular complexity index is 724. The molecule has 1 amide bonds. The van der Waals surface area contributed by atoms with Crippen LogP contribution in [0.4, 0.5) is 5.69 Å². The smallest absolute Gasteiger partial charge is 0.267 e. The number of nitro benzene ring substituents is 1. The summed E-state index contributed by atoms with van der Waals surface area (Å²) in [5, 5.41) is 14.4. The molecule has 0 aromatic heterocycles. The minimum atomic E-state index is -0.553. The molecule has 0 aliphatic heterocycles. The number of nitrogens with one attached hydrogen (secondary N) is 1. The van der Waals surface area contributed by atoms with Gasteiger partial charge in [0, 0.05) is 23.9 Å². The lowest BCUT2D eigenvalue weighted by atomic mass is 10.2. The van der Waals surface area contributed by atoms with Gasteiger partial charge in [-0.1, -0.05) is 42.5 Å². The van der Waals surface area contributed by atoms with Crippen LogP contribution in [0.2, 0.25) is 0 Å². The van der Waals surface area contributed by atoms with Crippen molar-refractivity contribution in [3.8, 4) is 0 Å². The number of carbonyl (C=O) groups excluding carboxylic acids is 1. The molecule has 2 aromatic carbocycles. The molecular formula is C16H13N3O3. The maximum Gasteiger partial charge on any atom is 0.271 e. The van der Waals surface area contributed by atoms with Crippen molar-refractivity contribution in [2.24, 2.45) is 5.10 Å². The quantitative estimate of drug-likeness (QED) is 0.522. The molecule has 0 radical (unpaired) electrons. The number of hydrogen-bond donors (Lipinski definition) is 1. The maximum atomic E-state index is 11.8. The second kappa shape index (κ2) is 7.49. The Morgan fingerprint density at radius 2 is 1.91 bits per heavy atom. The second-order valence-corrected chi connectivity index (χ2v) is 4.30. The number of benzene rings is 2. The number of hydrogen-bond acceptors (Lipinski definition) is 4. The first kappa shape index (κ1) is 15.1. The second-order valence-electron chi connectivity index (χ2n) is 4.30. The molecule has 22 heavy (non-hydrogen) atoms. The van der Waals surface area contributed by atoms with Crippen LogP contribution in [0.3, 0.4) is 0 Å². The molecule has 6 nitrogen and oxygen atoms in total. The standard InChI is InChI=1S/C16H13N3O3/c20-16(14-9-4-10-15(12-14)19(21)22)18-17-11-5-8-13-6-2-1-3-7-13/h1-12H,(H,18,20)/b8-5+,17-11+. The van der Waals surface area contributed by atoms with Crippen LogP contribution in [0.25, 0.3) is 6.08 Å². The Labute approximate surface area is 126 Å². The Kier molecular flexibility index (Phi) is 5.15. The van der Waals surface area contributed by atoms with Crippen molar-refractivity contribution in [1.29, 1.82) is 0 Å². The van der Waals surface area contributed by atoms with Crippen molar-refractivity contribution in [3.05, 3.63) is 81.9 Å². The first-order valence-electron chi connectivity index (χ1n) is 6.46. The van der Waals surface area contributed by atoms with E-state index in [-0.39, 0.29) is 11.3 Å². The van der Waals surface area contributed by atoms with Gasteiger partial charge in [-0.25, -0.2) is 5.43 Å². The molecule has 1 N–H and O–H groups in total. The topological polar surface area (TPSA) is 84.6 Å². The third-order valence-corrected chi connectivity index (χ3v) is 2.73. The first-order chi connectivity index (χ1) is 10.7. The number of allylic oxidation sites excluding steroid dienone is 1. The van der Waals surface area contributed by atoms with Gasteiger partial charge in [-0.3, -0.25) is 14.9 Å². The van der Waals surface area contributed by atoms with Gasteiger partial charge in [-0.05, 0) is 17.7 Å². The zero-order valence-corrected chi connectivity index (χ0v) is 11.5. The molecule has 0 aliphatic carbocycles. The normalized spacial score (nSPS) is 10.9. The lowest BCUT2D eigenvalue weighted by Crippen LogP contribution is -2.17. The van der Waals surface area contributed by atoms with Crippen LogP contribution in [0, 0.1) is 10.1 Å². The number of nitrogens with zero attached hydrogens (tertiary/aromatic N) is 2. The molecule has 0 heterocycles. The van der Waals surface area contributed by atoms with Crippen LogP contribution in [0.5, 0.6) is 0 Å². The summed E-state index contributed by atoms with van der Waals surface area (Å²) in [7, 11) is 0. The number of amides is 1. The van der Waals surface area contributed by atoms with E-state index in [1.165, 1.54) is 30.5 Å². The van der Waals surface area contributed by atoms with Gasteiger partial charge in [0.05, 0.1) is 4.92 Å². The minimum absolute atomic E-state index is 0.138. The summed E-state index contributed by atoms with van der Waals surface area (Å²) in [6, 6.07) is 15.1. The van der Waals surface area contributed by atoms with Gasteiger partial charge >= 0.3 is 0 Å². The lowest BCUT2D eigenvalue weighted by molar-refractivity contribution is -0.384. The number of nitro groups is 1. The minimum Gasteiger partial charge on any atom is -0.267 e. The Hall–Kier alpha value is -3.28. The van der Waals surface area contributed by atoms with E-state index in [0.717, 1.165) is 5.56 Å². The zero-order valence-electron chi connectivity index (χ0n) is 11.5. The van der Waals surface area contributed by atoms with E-state index in [9.17, 15) is 14.9 Å². The van der Waals surface area contributed by atoms with E-state index < -0.39 is 10.8 Å². The monoisotopic (exact) mass is 295 g/mol. The fraction of sp³-hybridized carbons (Fsp3) is 0. The average Bonchev–Trinajstić information content (AvgIpc) is 2.55. The molecule has 0 atom stereocenters. The van der Waals surface area contributed by atoms with Gasteiger partial charge in [-0.15, -0.1) is 0 Å². The molecule has 0 unspecified atom stereocenters. The predicted molar refractivity (Wildman–Crippen MR) is 84.5 cm³/mol. The van der Waals surface area contributed by atoms with Gasteiger partial charge in [0.15, 0.2) is 0 Å². The zero-order chi connectivity index (χ0) is 15.8. The molecule has 0 spiro atoms. The Morgan fingerprint density at radius 1 is 1.14 bits per heavy atom. The van der Waals surface area contributed by atoms with Crippen molar-refractivity contribution in [3.63, 3.8) is 0 Å². The van der Waals surface area contributed by atoms with Crippen molar-refractivity contribution >= 4 is 23.9 Å². The molecular weight excluding hydrogens is 282 g/mol. The van der Waals surface area contributed by atoms with Crippen molar-refractivity contribution in [2.45, 2.75) is 0 Å². The Morgan fingerprint density at radius 3 is 2.64 bits per heavy atom. The SMILES string of the molecule is O=C(N/N=C/C=C/c1ccccc1)c1cccc([N+](=O)[O-])c1. The summed E-state index contributed by atoms with van der Waals surface area (Å²) in [6.45, 7) is 0. The van der Waals surface area contributed by atoms with Gasteiger partial charge in [0.2, 0.25) is 0 Å². The number of carbonyl (C=O) groups is 1. The summed E-state index contributed by atoms with van der Waals surface area (Å²) in [4.78, 5) is 21.9. The van der Waals surface area contributed by atoms with Gasteiger partial charge in [-0.2, -0.15) is 5.10 Å². The lowest BCUT2D eigenvalue weighted by Gasteiger charge is -1.98. The van der Waals surface area contributed by atoms with Gasteiger partial charge < -0.3 is 0 Å². The number of hydrazone groups is 1. The van der Waals surface area contributed by atoms with E-state index >= 15 is 0 Å². The fourth-order valence-corrected chi connectivity index (χ4v) is 1.68. The largest absolute Gasteiger partial charge is 0.271 e. The molecule has 0 aliphatic rings. The molecule has 2 aromatic rings. The van der Waals surface area contributed by atoms with Gasteiger partial charge in [0.1, 0.15) is 0 Å². The van der Waals surface area contributed by atoms with E-state index in [4.69, 9.17) is 0 Å². The summed E-state index contributed by atoms with van der Waals surface area (Å²) in [5.41, 5.74) is 3.36. The van der Waals surface area contributed by atoms with Crippen LogP contribution < -0.4 is 5.43 Å². The first-order valence-corrected chi connectivity index (χ1v) is 6.46. The van der Waals surface area contributed by atoms with Crippen LogP contribution in [0.1, 0.15) is 15.9 Å².